The average molecular weight is 474 g/mol. The van der Waals surface area contributed by atoms with Gasteiger partial charge in [0.2, 0.25) is 0 Å². The number of amides is 1. The van der Waals surface area contributed by atoms with E-state index in [-0.39, 0.29) is 12.5 Å². The van der Waals surface area contributed by atoms with Crippen LogP contribution in [0, 0.1) is 0 Å². The third-order valence-electron chi connectivity index (χ3n) is 5.81. The molecule has 0 atom stereocenters. The van der Waals surface area contributed by atoms with E-state index in [9.17, 15) is 9.59 Å². The van der Waals surface area contributed by atoms with E-state index in [4.69, 9.17) is 14.2 Å². The van der Waals surface area contributed by atoms with E-state index in [0.717, 1.165) is 16.5 Å². The zero-order valence-corrected chi connectivity index (χ0v) is 20.0. The number of nitrogens with one attached hydrogen (secondary N) is 2. The van der Waals surface area contributed by atoms with Gasteiger partial charge in [-0.25, -0.2) is 4.79 Å². The number of carbonyl (C=O) groups excluding carboxylic acids is 2. The smallest absolute Gasteiger partial charge is 0.338 e. The molecule has 1 aromatic heterocycles. The number of fused-ring (bicyclic) bond motifs is 1. The van der Waals surface area contributed by atoms with Crippen LogP contribution in [0.2, 0.25) is 0 Å². The maximum atomic E-state index is 12.7. The van der Waals surface area contributed by atoms with Crippen molar-refractivity contribution in [3.63, 3.8) is 0 Å². The number of carbonyl (C=O) groups is 2. The number of H-pyrrole nitrogens is 1. The number of anilines is 1. The van der Waals surface area contributed by atoms with Crippen molar-refractivity contribution in [2.45, 2.75) is 19.3 Å². The van der Waals surface area contributed by atoms with Gasteiger partial charge < -0.3 is 19.5 Å². The van der Waals surface area contributed by atoms with Gasteiger partial charge in [0, 0.05) is 22.1 Å². The Labute approximate surface area is 203 Å². The number of hydrogen-bond donors (Lipinski definition) is 2. The molecule has 35 heavy (non-hydrogen) atoms. The summed E-state index contributed by atoms with van der Waals surface area (Å²) in [6.07, 6.45) is 1.70. The van der Waals surface area contributed by atoms with Gasteiger partial charge in [-0.15, -0.1) is 0 Å². The van der Waals surface area contributed by atoms with Crippen LogP contribution >= 0.6 is 0 Å². The molecule has 1 heterocycles. The quantitative estimate of drug-likeness (QED) is 0.351. The minimum absolute atomic E-state index is 0.199. The van der Waals surface area contributed by atoms with Crippen molar-refractivity contribution in [3.05, 3.63) is 83.6 Å². The number of aromatic nitrogens is 2. The van der Waals surface area contributed by atoms with Gasteiger partial charge in [-0.1, -0.05) is 32.0 Å². The van der Waals surface area contributed by atoms with E-state index in [1.807, 2.05) is 44.2 Å². The van der Waals surface area contributed by atoms with E-state index in [1.165, 1.54) is 7.11 Å². The second kappa shape index (κ2) is 9.89. The lowest BCUT2D eigenvalue weighted by molar-refractivity contribution is 0.0427. The monoisotopic (exact) mass is 473 g/mol. The lowest BCUT2D eigenvalue weighted by Gasteiger charge is -2.25. The number of methoxy groups -OCH3 is 2. The summed E-state index contributed by atoms with van der Waals surface area (Å²) in [5.74, 6) is 0.379. The lowest BCUT2D eigenvalue weighted by Crippen LogP contribution is -2.26. The number of hydrogen-bond acceptors (Lipinski definition) is 6. The molecule has 8 nitrogen and oxygen atoms in total. The van der Waals surface area contributed by atoms with Crippen LogP contribution in [0.1, 0.15) is 40.1 Å². The summed E-state index contributed by atoms with van der Waals surface area (Å²) in [6.45, 7) is 4.19. The highest BCUT2D eigenvalue weighted by atomic mass is 16.5. The number of esters is 1. The Hall–Kier alpha value is -4.33. The normalized spacial score (nSPS) is 11.2. The van der Waals surface area contributed by atoms with Crippen molar-refractivity contribution in [1.29, 1.82) is 0 Å². The predicted molar refractivity (Wildman–Crippen MR) is 133 cm³/mol. The van der Waals surface area contributed by atoms with Gasteiger partial charge >= 0.3 is 5.97 Å². The zero-order chi connectivity index (χ0) is 25.0. The minimum atomic E-state index is -0.431. The van der Waals surface area contributed by atoms with Gasteiger partial charge in [0.05, 0.1) is 31.5 Å². The summed E-state index contributed by atoms with van der Waals surface area (Å²) < 4.78 is 16.1. The van der Waals surface area contributed by atoms with E-state index >= 15 is 0 Å². The number of rotatable bonds is 8. The molecule has 3 aromatic carbocycles. The number of nitrogens with zero attached hydrogens (tertiary/aromatic N) is 1. The Bertz CT molecular complexity index is 1360. The Balaban J connectivity index is 1.38. The highest BCUT2D eigenvalue weighted by Crippen LogP contribution is 2.29. The van der Waals surface area contributed by atoms with Crippen LogP contribution in [0.25, 0.3) is 10.9 Å². The molecule has 180 valence electrons. The average Bonchev–Trinajstić information content (AvgIpc) is 3.35. The molecule has 0 saturated carbocycles. The van der Waals surface area contributed by atoms with E-state index in [1.54, 1.807) is 43.6 Å². The Morgan fingerprint density at radius 3 is 2.34 bits per heavy atom. The van der Waals surface area contributed by atoms with Crippen LogP contribution in [0.15, 0.2) is 66.9 Å². The van der Waals surface area contributed by atoms with Crippen molar-refractivity contribution < 1.29 is 23.8 Å². The molecular formula is C27H27N3O5. The first kappa shape index (κ1) is 23.8. The molecule has 0 bridgehead atoms. The molecule has 8 heteroatoms. The van der Waals surface area contributed by atoms with Gasteiger partial charge in [0.1, 0.15) is 6.61 Å². The highest BCUT2D eigenvalue weighted by molar-refractivity contribution is 6.04. The van der Waals surface area contributed by atoms with Crippen molar-refractivity contribution in [2.24, 2.45) is 0 Å². The van der Waals surface area contributed by atoms with Crippen LogP contribution in [-0.4, -0.2) is 42.9 Å². The highest BCUT2D eigenvalue weighted by Gasteiger charge is 2.24. The fraction of sp³-hybridized carbons (Fsp3) is 0.222. The summed E-state index contributed by atoms with van der Waals surface area (Å²) in [5.41, 5.74) is 2.88. The number of aromatic amines is 1. The molecular weight excluding hydrogens is 446 g/mol. The molecule has 2 N–H and O–H groups in total. The van der Waals surface area contributed by atoms with Gasteiger partial charge in [-0.05, 0) is 48.0 Å². The second-order valence-electron chi connectivity index (χ2n) is 8.73. The summed E-state index contributed by atoms with van der Waals surface area (Å²) in [4.78, 5) is 25.2. The molecule has 0 aliphatic rings. The number of benzene rings is 3. The molecule has 0 saturated heterocycles. The molecule has 4 aromatic rings. The topological polar surface area (TPSA) is 103 Å². The van der Waals surface area contributed by atoms with E-state index in [2.05, 4.69) is 15.5 Å². The van der Waals surface area contributed by atoms with Crippen LogP contribution in [-0.2, 0) is 10.2 Å². The van der Waals surface area contributed by atoms with Crippen LogP contribution in [0.4, 0.5) is 5.69 Å². The largest absolute Gasteiger partial charge is 0.493 e. The number of ether oxygens (including phenoxy) is 3. The van der Waals surface area contributed by atoms with Crippen LogP contribution in [0.3, 0.4) is 0 Å². The minimum Gasteiger partial charge on any atom is -0.493 e. The summed E-state index contributed by atoms with van der Waals surface area (Å²) in [6, 6.07) is 17.7. The fourth-order valence-corrected chi connectivity index (χ4v) is 3.66. The van der Waals surface area contributed by atoms with Gasteiger partial charge in [-0.2, -0.15) is 5.10 Å². The maximum absolute atomic E-state index is 12.7. The standard InChI is InChI=1S/C27H27N3O5/c1-27(2,16-35-26(32)18-5-6-19-15-28-30-22(19)13-18)20-8-10-21(11-9-20)29-25(31)17-7-12-23(33-3)24(14-17)34-4/h5-15H,16H2,1-4H3,(H,28,30)(H,29,31). The van der Waals surface area contributed by atoms with Gasteiger partial charge in [0.25, 0.3) is 5.91 Å². The van der Waals surface area contributed by atoms with Crippen molar-refractivity contribution in [2.75, 3.05) is 26.1 Å². The Morgan fingerprint density at radius 2 is 1.63 bits per heavy atom. The van der Waals surface area contributed by atoms with Crippen molar-refractivity contribution in [3.8, 4) is 11.5 Å². The maximum Gasteiger partial charge on any atom is 0.338 e. The molecule has 1 amide bonds. The third kappa shape index (κ3) is 5.27. The lowest BCUT2D eigenvalue weighted by atomic mass is 9.85. The van der Waals surface area contributed by atoms with Crippen LogP contribution < -0.4 is 14.8 Å². The Morgan fingerprint density at radius 1 is 0.914 bits per heavy atom. The molecule has 0 aliphatic heterocycles. The van der Waals surface area contributed by atoms with Gasteiger partial charge in [-0.3, -0.25) is 9.89 Å². The molecule has 0 unspecified atom stereocenters. The third-order valence-corrected chi connectivity index (χ3v) is 5.81. The zero-order valence-electron chi connectivity index (χ0n) is 20.0. The summed E-state index contributed by atoms with van der Waals surface area (Å²) >= 11 is 0. The molecule has 4 rings (SSSR count). The first-order valence-electron chi connectivity index (χ1n) is 11.0. The molecule has 0 aliphatic carbocycles. The van der Waals surface area contributed by atoms with Gasteiger partial charge in [0.15, 0.2) is 11.5 Å². The first-order chi connectivity index (χ1) is 16.8. The van der Waals surface area contributed by atoms with E-state index in [0.29, 0.717) is 28.3 Å². The molecule has 0 radical (unpaired) electrons. The summed E-state index contributed by atoms with van der Waals surface area (Å²) in [7, 11) is 3.07. The van der Waals surface area contributed by atoms with Crippen molar-refractivity contribution >= 4 is 28.5 Å². The Kier molecular flexibility index (Phi) is 6.73. The molecule has 0 spiro atoms. The first-order valence-corrected chi connectivity index (χ1v) is 11.0. The SMILES string of the molecule is COc1ccc(C(=O)Nc2ccc(C(C)(C)COC(=O)c3ccc4cn[nH]c4c3)cc2)cc1OC. The van der Waals surface area contributed by atoms with E-state index < -0.39 is 11.4 Å². The summed E-state index contributed by atoms with van der Waals surface area (Å²) in [5, 5.41) is 10.6. The molecule has 0 fully saturated rings. The second-order valence-corrected chi connectivity index (χ2v) is 8.73. The van der Waals surface area contributed by atoms with Crippen molar-refractivity contribution in [1.82, 2.24) is 10.2 Å². The predicted octanol–water partition coefficient (Wildman–Crippen LogP) is 4.97. The van der Waals surface area contributed by atoms with Crippen LogP contribution in [0.5, 0.6) is 11.5 Å². The fourth-order valence-electron chi connectivity index (χ4n) is 3.66.